The summed E-state index contributed by atoms with van der Waals surface area (Å²) in [6, 6.07) is 0. The zero-order valence-corrected chi connectivity index (χ0v) is 6.09. The number of terminal acetylenes is 1. The van der Waals surface area contributed by atoms with Gasteiger partial charge in [0, 0.05) is 12.8 Å². The molecule has 11 heavy (non-hydrogen) atoms. The lowest BCUT2D eigenvalue weighted by atomic mass is 9.83. The third-order valence-corrected chi connectivity index (χ3v) is 1.68. The zero-order valence-electron chi connectivity index (χ0n) is 6.09. The highest BCUT2D eigenvalue weighted by atomic mass is 16.2. The summed E-state index contributed by atoms with van der Waals surface area (Å²) in [6.45, 7) is 0.253. The van der Waals surface area contributed by atoms with E-state index in [0.29, 0.717) is 12.8 Å². The van der Waals surface area contributed by atoms with Gasteiger partial charge in [-0.25, -0.2) is 0 Å². The SMILES string of the molecule is C#CCNC(=O)C1CC(=O)C1. The average molecular weight is 151 g/mol. The maximum absolute atomic E-state index is 11.0. The molecule has 0 heterocycles. The highest BCUT2D eigenvalue weighted by Gasteiger charge is 2.32. The Morgan fingerprint density at radius 2 is 2.36 bits per heavy atom. The van der Waals surface area contributed by atoms with E-state index in [0.717, 1.165) is 0 Å². The predicted molar refractivity (Wildman–Crippen MR) is 39.6 cm³/mol. The number of carbonyl (C=O) groups is 2. The van der Waals surface area contributed by atoms with E-state index in [1.54, 1.807) is 0 Å². The second-order valence-electron chi connectivity index (χ2n) is 2.57. The quantitative estimate of drug-likeness (QED) is 0.551. The van der Waals surface area contributed by atoms with Crippen LogP contribution in [-0.4, -0.2) is 18.2 Å². The maximum atomic E-state index is 11.0. The number of amides is 1. The molecule has 1 amide bonds. The van der Waals surface area contributed by atoms with Crippen molar-refractivity contribution in [1.82, 2.24) is 5.32 Å². The molecule has 0 aromatic carbocycles. The number of hydrogen-bond acceptors (Lipinski definition) is 2. The smallest absolute Gasteiger partial charge is 0.224 e. The van der Waals surface area contributed by atoms with Gasteiger partial charge in [0.05, 0.1) is 12.5 Å². The van der Waals surface area contributed by atoms with Gasteiger partial charge in [-0.2, -0.15) is 0 Å². The van der Waals surface area contributed by atoms with Crippen LogP contribution in [0.15, 0.2) is 0 Å². The summed E-state index contributed by atoms with van der Waals surface area (Å²) in [4.78, 5) is 21.4. The molecule has 0 radical (unpaired) electrons. The molecule has 1 saturated carbocycles. The number of nitrogens with one attached hydrogen (secondary N) is 1. The van der Waals surface area contributed by atoms with Crippen molar-refractivity contribution in [3.63, 3.8) is 0 Å². The fourth-order valence-electron chi connectivity index (χ4n) is 0.958. The standard InChI is InChI=1S/C8H9NO2/c1-2-3-9-8(11)6-4-7(10)5-6/h1,6H,3-5H2,(H,9,11). The van der Waals surface area contributed by atoms with Crippen molar-refractivity contribution in [2.45, 2.75) is 12.8 Å². The molecule has 0 saturated heterocycles. The molecule has 3 nitrogen and oxygen atoms in total. The molecule has 0 spiro atoms. The highest BCUT2D eigenvalue weighted by Crippen LogP contribution is 2.22. The summed E-state index contributed by atoms with van der Waals surface area (Å²) in [6.07, 6.45) is 5.70. The molecule has 1 N–H and O–H groups in total. The Morgan fingerprint density at radius 1 is 1.73 bits per heavy atom. The van der Waals surface area contributed by atoms with E-state index in [9.17, 15) is 9.59 Å². The first-order valence-electron chi connectivity index (χ1n) is 3.47. The lowest BCUT2D eigenvalue weighted by Gasteiger charge is -2.22. The van der Waals surface area contributed by atoms with E-state index in [1.165, 1.54) is 0 Å². The molecule has 0 aromatic heterocycles. The number of hydrogen-bond donors (Lipinski definition) is 1. The van der Waals surface area contributed by atoms with Crippen LogP contribution in [0.2, 0.25) is 0 Å². The van der Waals surface area contributed by atoms with Gasteiger partial charge < -0.3 is 5.32 Å². The van der Waals surface area contributed by atoms with E-state index in [-0.39, 0.29) is 24.2 Å². The Labute approximate surface area is 65.2 Å². The number of Topliss-reactive ketones (excluding diaryl/α,β-unsaturated/α-hetero) is 1. The van der Waals surface area contributed by atoms with E-state index in [1.807, 2.05) is 0 Å². The van der Waals surface area contributed by atoms with Gasteiger partial charge in [-0.05, 0) is 0 Å². The Bertz CT molecular complexity index is 219. The molecule has 1 fully saturated rings. The first-order valence-corrected chi connectivity index (χ1v) is 3.47. The molecule has 58 valence electrons. The molecule has 0 aromatic rings. The van der Waals surface area contributed by atoms with Crippen molar-refractivity contribution < 1.29 is 9.59 Å². The summed E-state index contributed by atoms with van der Waals surface area (Å²) >= 11 is 0. The van der Waals surface area contributed by atoms with Gasteiger partial charge in [-0.3, -0.25) is 9.59 Å². The fourth-order valence-corrected chi connectivity index (χ4v) is 0.958. The van der Waals surface area contributed by atoms with Crippen molar-refractivity contribution >= 4 is 11.7 Å². The van der Waals surface area contributed by atoms with Gasteiger partial charge in [0.15, 0.2) is 0 Å². The Kier molecular flexibility index (Phi) is 2.27. The molecule has 1 aliphatic rings. The molecule has 0 unspecified atom stereocenters. The molecular weight excluding hydrogens is 142 g/mol. The van der Waals surface area contributed by atoms with Crippen molar-refractivity contribution in [3.05, 3.63) is 0 Å². The van der Waals surface area contributed by atoms with Crippen molar-refractivity contribution in [2.24, 2.45) is 5.92 Å². The van der Waals surface area contributed by atoms with Gasteiger partial charge in [0.25, 0.3) is 0 Å². The van der Waals surface area contributed by atoms with Crippen molar-refractivity contribution in [2.75, 3.05) is 6.54 Å². The second kappa shape index (κ2) is 3.20. The highest BCUT2D eigenvalue weighted by molar-refractivity contribution is 5.96. The first-order chi connectivity index (χ1) is 5.24. The van der Waals surface area contributed by atoms with Crippen LogP contribution in [0.25, 0.3) is 0 Å². The Hall–Kier alpha value is -1.30. The third kappa shape index (κ3) is 1.81. The van der Waals surface area contributed by atoms with Crippen molar-refractivity contribution in [3.8, 4) is 12.3 Å². The summed E-state index contributed by atoms with van der Waals surface area (Å²) in [5.41, 5.74) is 0. The first kappa shape index (κ1) is 7.80. The van der Waals surface area contributed by atoms with Crippen LogP contribution in [0.4, 0.5) is 0 Å². The minimum Gasteiger partial charge on any atom is -0.345 e. The largest absolute Gasteiger partial charge is 0.345 e. The number of carbonyl (C=O) groups excluding carboxylic acids is 2. The average Bonchev–Trinajstić information content (AvgIpc) is 1.94. The van der Waals surface area contributed by atoms with Crippen molar-refractivity contribution in [1.29, 1.82) is 0 Å². The lowest BCUT2D eigenvalue weighted by molar-refractivity contribution is -0.137. The third-order valence-electron chi connectivity index (χ3n) is 1.68. The number of ketones is 1. The van der Waals surface area contributed by atoms with E-state index in [4.69, 9.17) is 6.42 Å². The van der Waals surface area contributed by atoms with Gasteiger partial charge in [0.2, 0.25) is 5.91 Å². The minimum atomic E-state index is -0.115. The van der Waals surface area contributed by atoms with Gasteiger partial charge in [-0.1, -0.05) is 5.92 Å². The summed E-state index contributed by atoms with van der Waals surface area (Å²) in [5.74, 6) is 2.24. The molecule has 0 aliphatic heterocycles. The summed E-state index contributed by atoms with van der Waals surface area (Å²) in [5, 5.41) is 2.53. The normalized spacial score (nSPS) is 16.8. The van der Waals surface area contributed by atoms with E-state index in [2.05, 4.69) is 11.2 Å². The van der Waals surface area contributed by atoms with Gasteiger partial charge in [0.1, 0.15) is 5.78 Å². The van der Waals surface area contributed by atoms with Crippen LogP contribution in [-0.2, 0) is 9.59 Å². The molecule has 0 bridgehead atoms. The van der Waals surface area contributed by atoms with Gasteiger partial charge >= 0.3 is 0 Å². The molecule has 1 aliphatic carbocycles. The lowest BCUT2D eigenvalue weighted by Crippen LogP contribution is -2.38. The fraction of sp³-hybridized carbons (Fsp3) is 0.500. The second-order valence-corrected chi connectivity index (χ2v) is 2.57. The Morgan fingerprint density at radius 3 is 2.82 bits per heavy atom. The summed E-state index contributed by atoms with van der Waals surface area (Å²) < 4.78 is 0. The molecule has 3 heteroatoms. The van der Waals surface area contributed by atoms with Crippen LogP contribution in [0.3, 0.4) is 0 Å². The van der Waals surface area contributed by atoms with Crippen LogP contribution in [0.1, 0.15) is 12.8 Å². The molecular formula is C8H9NO2. The van der Waals surface area contributed by atoms with Crippen LogP contribution >= 0.6 is 0 Å². The van der Waals surface area contributed by atoms with Gasteiger partial charge in [-0.15, -0.1) is 6.42 Å². The minimum absolute atomic E-state index is 0.0949. The molecule has 1 rings (SSSR count). The predicted octanol–water partition coefficient (Wildman–Crippen LogP) is -0.285. The number of rotatable bonds is 2. The zero-order chi connectivity index (χ0) is 8.27. The van der Waals surface area contributed by atoms with Crippen LogP contribution < -0.4 is 5.32 Å². The summed E-state index contributed by atoms with van der Waals surface area (Å²) in [7, 11) is 0. The maximum Gasteiger partial charge on any atom is 0.224 e. The molecule has 0 atom stereocenters. The van der Waals surface area contributed by atoms with E-state index >= 15 is 0 Å². The topological polar surface area (TPSA) is 46.2 Å². The van der Waals surface area contributed by atoms with E-state index < -0.39 is 0 Å². The van der Waals surface area contributed by atoms with Crippen LogP contribution in [0.5, 0.6) is 0 Å². The monoisotopic (exact) mass is 151 g/mol. The van der Waals surface area contributed by atoms with Crippen LogP contribution in [0, 0.1) is 18.3 Å². The Balaban J connectivity index is 2.22.